The number of ether oxygens (including phenoxy) is 1. The summed E-state index contributed by atoms with van der Waals surface area (Å²) in [4.78, 5) is 14.7. The Bertz CT molecular complexity index is 568. The predicted molar refractivity (Wildman–Crippen MR) is 68.2 cm³/mol. The Morgan fingerprint density at radius 1 is 1.44 bits per heavy atom. The van der Waals surface area contributed by atoms with Crippen LogP contribution in [-0.2, 0) is 0 Å². The van der Waals surface area contributed by atoms with Gasteiger partial charge in [-0.25, -0.2) is 9.89 Å². The molecule has 0 atom stereocenters. The number of anilines is 2. The zero-order chi connectivity index (χ0) is 12.8. The molecule has 0 radical (unpaired) electrons. The van der Waals surface area contributed by atoms with E-state index in [9.17, 15) is 4.79 Å². The monoisotopic (exact) mass is 246 g/mol. The van der Waals surface area contributed by atoms with Crippen LogP contribution >= 0.6 is 0 Å². The minimum Gasteiger partial charge on any atom is -0.494 e. The van der Waals surface area contributed by atoms with Gasteiger partial charge in [0.05, 0.1) is 12.8 Å². The third kappa shape index (κ3) is 3.31. The summed E-state index contributed by atoms with van der Waals surface area (Å²) in [7, 11) is 0. The standard InChI is InChI=1S/C12H14N4O2/c1-2-6-18-10-5-3-4-9(7-10)14-11-8-13-16-12(17)15-11/h3-5,7-8H,2,6H2,1H3,(H2,14,15,16,17). The van der Waals surface area contributed by atoms with Gasteiger partial charge in [0.2, 0.25) is 0 Å². The highest BCUT2D eigenvalue weighted by Gasteiger charge is 1.99. The van der Waals surface area contributed by atoms with Crippen molar-refractivity contribution in [3.05, 3.63) is 40.9 Å². The number of nitrogens with zero attached hydrogens (tertiary/aromatic N) is 2. The Kier molecular flexibility index (Phi) is 3.90. The summed E-state index contributed by atoms with van der Waals surface area (Å²) in [5, 5.41) is 8.86. The second-order valence-corrected chi connectivity index (χ2v) is 3.67. The van der Waals surface area contributed by atoms with E-state index in [1.807, 2.05) is 31.2 Å². The van der Waals surface area contributed by atoms with Crippen molar-refractivity contribution >= 4 is 11.5 Å². The molecular weight excluding hydrogens is 232 g/mol. The second-order valence-electron chi connectivity index (χ2n) is 3.67. The fourth-order valence-electron chi connectivity index (χ4n) is 1.40. The van der Waals surface area contributed by atoms with Gasteiger partial charge in [-0.15, -0.1) is 0 Å². The Morgan fingerprint density at radius 3 is 3.11 bits per heavy atom. The van der Waals surface area contributed by atoms with Crippen molar-refractivity contribution in [1.29, 1.82) is 0 Å². The molecule has 0 unspecified atom stereocenters. The Morgan fingerprint density at radius 2 is 2.33 bits per heavy atom. The Balaban J connectivity index is 2.11. The van der Waals surface area contributed by atoms with Gasteiger partial charge < -0.3 is 10.1 Å². The number of H-pyrrole nitrogens is 1. The zero-order valence-electron chi connectivity index (χ0n) is 10.0. The lowest BCUT2D eigenvalue weighted by atomic mass is 10.3. The van der Waals surface area contributed by atoms with Crippen LogP contribution in [0.4, 0.5) is 11.5 Å². The molecule has 1 aromatic heterocycles. The highest BCUT2D eigenvalue weighted by molar-refractivity contribution is 5.57. The molecule has 1 heterocycles. The number of rotatable bonds is 5. The molecule has 0 aliphatic rings. The average molecular weight is 246 g/mol. The summed E-state index contributed by atoms with van der Waals surface area (Å²) >= 11 is 0. The Labute approximate surface area is 104 Å². The fourth-order valence-corrected chi connectivity index (χ4v) is 1.40. The molecule has 94 valence electrons. The minimum absolute atomic E-state index is 0.395. The van der Waals surface area contributed by atoms with Gasteiger partial charge in [0.25, 0.3) is 0 Å². The van der Waals surface area contributed by atoms with Gasteiger partial charge in [-0.2, -0.15) is 10.1 Å². The van der Waals surface area contributed by atoms with Crippen molar-refractivity contribution in [3.8, 4) is 5.75 Å². The first-order valence-electron chi connectivity index (χ1n) is 5.69. The highest BCUT2D eigenvalue weighted by atomic mass is 16.5. The van der Waals surface area contributed by atoms with Gasteiger partial charge in [-0.05, 0) is 18.6 Å². The first-order chi connectivity index (χ1) is 8.78. The third-order valence-corrected chi connectivity index (χ3v) is 2.15. The summed E-state index contributed by atoms with van der Waals surface area (Å²) in [5.74, 6) is 1.17. The van der Waals surface area contributed by atoms with Gasteiger partial charge in [-0.3, -0.25) is 0 Å². The SMILES string of the molecule is CCCOc1cccc(Nc2cn[nH]c(=O)n2)c1. The molecule has 18 heavy (non-hydrogen) atoms. The van der Waals surface area contributed by atoms with E-state index in [2.05, 4.69) is 20.5 Å². The van der Waals surface area contributed by atoms with Crippen LogP contribution in [0.2, 0.25) is 0 Å². The van der Waals surface area contributed by atoms with Crippen LogP contribution in [0.25, 0.3) is 0 Å². The minimum atomic E-state index is -0.488. The van der Waals surface area contributed by atoms with Gasteiger partial charge in [-0.1, -0.05) is 13.0 Å². The lowest BCUT2D eigenvalue weighted by Crippen LogP contribution is -2.13. The third-order valence-electron chi connectivity index (χ3n) is 2.15. The number of hydrogen-bond donors (Lipinski definition) is 2. The van der Waals surface area contributed by atoms with E-state index in [1.165, 1.54) is 6.20 Å². The van der Waals surface area contributed by atoms with E-state index in [1.54, 1.807) is 0 Å². The maximum Gasteiger partial charge on any atom is 0.363 e. The first kappa shape index (κ1) is 12.1. The number of hydrogen-bond acceptors (Lipinski definition) is 5. The Hall–Kier alpha value is -2.37. The fraction of sp³-hybridized carbons (Fsp3) is 0.250. The topological polar surface area (TPSA) is 79.9 Å². The molecule has 2 rings (SSSR count). The van der Waals surface area contributed by atoms with Gasteiger partial charge in [0, 0.05) is 11.8 Å². The summed E-state index contributed by atoms with van der Waals surface area (Å²) in [5.41, 5.74) is 0.307. The number of aromatic nitrogens is 3. The molecular formula is C12H14N4O2. The quantitative estimate of drug-likeness (QED) is 0.839. The lowest BCUT2D eigenvalue weighted by molar-refractivity contribution is 0.317. The summed E-state index contributed by atoms with van der Waals surface area (Å²) in [6.45, 7) is 2.72. The molecule has 0 amide bonds. The van der Waals surface area contributed by atoms with E-state index >= 15 is 0 Å². The largest absolute Gasteiger partial charge is 0.494 e. The van der Waals surface area contributed by atoms with Gasteiger partial charge in [0.15, 0.2) is 5.82 Å². The van der Waals surface area contributed by atoms with Crippen LogP contribution in [-0.4, -0.2) is 21.8 Å². The van der Waals surface area contributed by atoms with Crippen molar-refractivity contribution in [3.63, 3.8) is 0 Å². The number of benzene rings is 1. The van der Waals surface area contributed by atoms with Crippen molar-refractivity contribution < 1.29 is 4.74 Å². The van der Waals surface area contributed by atoms with Crippen LogP contribution in [0.5, 0.6) is 5.75 Å². The molecule has 0 bridgehead atoms. The normalized spacial score (nSPS) is 10.1. The zero-order valence-corrected chi connectivity index (χ0v) is 10.0. The van der Waals surface area contributed by atoms with Crippen LogP contribution in [0, 0.1) is 0 Å². The molecule has 0 aliphatic carbocycles. The molecule has 2 aromatic rings. The van der Waals surface area contributed by atoms with Crippen molar-refractivity contribution in [2.45, 2.75) is 13.3 Å². The number of nitrogens with one attached hydrogen (secondary N) is 2. The van der Waals surface area contributed by atoms with E-state index < -0.39 is 5.69 Å². The molecule has 0 saturated heterocycles. The summed E-state index contributed by atoms with van der Waals surface area (Å²) in [6, 6.07) is 7.46. The first-order valence-corrected chi connectivity index (χ1v) is 5.69. The van der Waals surface area contributed by atoms with E-state index in [4.69, 9.17) is 4.74 Å². The van der Waals surface area contributed by atoms with Crippen molar-refractivity contribution in [1.82, 2.24) is 15.2 Å². The van der Waals surface area contributed by atoms with Crippen molar-refractivity contribution in [2.75, 3.05) is 11.9 Å². The van der Waals surface area contributed by atoms with E-state index in [0.29, 0.717) is 12.4 Å². The van der Waals surface area contributed by atoms with E-state index in [0.717, 1.165) is 17.9 Å². The molecule has 0 fully saturated rings. The van der Waals surface area contributed by atoms with Gasteiger partial charge >= 0.3 is 5.69 Å². The second kappa shape index (κ2) is 5.81. The molecule has 6 nitrogen and oxygen atoms in total. The maximum absolute atomic E-state index is 11.0. The smallest absolute Gasteiger partial charge is 0.363 e. The molecule has 2 N–H and O–H groups in total. The van der Waals surface area contributed by atoms with Crippen molar-refractivity contribution in [2.24, 2.45) is 0 Å². The molecule has 0 saturated carbocycles. The highest BCUT2D eigenvalue weighted by Crippen LogP contribution is 2.19. The summed E-state index contributed by atoms with van der Waals surface area (Å²) in [6.07, 6.45) is 2.40. The predicted octanol–water partition coefficient (Wildman–Crippen LogP) is 1.70. The number of aromatic amines is 1. The van der Waals surface area contributed by atoms with Crippen LogP contribution in [0.1, 0.15) is 13.3 Å². The maximum atomic E-state index is 11.0. The van der Waals surface area contributed by atoms with E-state index in [-0.39, 0.29) is 0 Å². The molecule has 1 aromatic carbocycles. The molecule has 0 spiro atoms. The van der Waals surface area contributed by atoms with Crippen LogP contribution in [0.3, 0.4) is 0 Å². The van der Waals surface area contributed by atoms with Crippen LogP contribution in [0.15, 0.2) is 35.3 Å². The average Bonchev–Trinajstić information content (AvgIpc) is 2.37. The van der Waals surface area contributed by atoms with Crippen LogP contribution < -0.4 is 15.7 Å². The van der Waals surface area contributed by atoms with Gasteiger partial charge in [0.1, 0.15) is 5.75 Å². The summed E-state index contributed by atoms with van der Waals surface area (Å²) < 4.78 is 5.51. The lowest BCUT2D eigenvalue weighted by Gasteiger charge is -2.08. The molecule has 0 aliphatic heterocycles. The molecule has 6 heteroatoms.